The van der Waals surface area contributed by atoms with Crippen LogP contribution in [0.4, 0.5) is 0 Å². The molecule has 1 saturated heterocycles. The van der Waals surface area contributed by atoms with Crippen LogP contribution < -0.4 is 10.5 Å². The van der Waals surface area contributed by atoms with Crippen LogP contribution in [0.5, 0.6) is 0 Å². The van der Waals surface area contributed by atoms with Crippen LogP contribution in [0.25, 0.3) is 0 Å². The van der Waals surface area contributed by atoms with Crippen molar-refractivity contribution in [1.29, 1.82) is 0 Å². The fourth-order valence-corrected chi connectivity index (χ4v) is 3.53. The Morgan fingerprint density at radius 3 is 2.60 bits per heavy atom. The quantitative estimate of drug-likeness (QED) is 0.783. The topological polar surface area (TPSA) is 75.4 Å². The summed E-state index contributed by atoms with van der Waals surface area (Å²) in [5.74, 6) is 0. The number of sulfonamides is 1. The largest absolute Gasteiger partial charge is 0.389 e. The maximum absolute atomic E-state index is 12.2. The molecule has 20 heavy (non-hydrogen) atoms. The van der Waals surface area contributed by atoms with Gasteiger partial charge in [0, 0.05) is 18.2 Å². The summed E-state index contributed by atoms with van der Waals surface area (Å²) in [5.41, 5.74) is 6.15. The van der Waals surface area contributed by atoms with E-state index in [2.05, 4.69) is 9.62 Å². The van der Waals surface area contributed by atoms with Crippen LogP contribution >= 0.6 is 12.2 Å². The predicted octanol–water partition coefficient (Wildman–Crippen LogP) is 0.693. The summed E-state index contributed by atoms with van der Waals surface area (Å²) in [6.45, 7) is 1.46. The zero-order valence-corrected chi connectivity index (χ0v) is 13.0. The highest BCUT2D eigenvalue weighted by Crippen LogP contribution is 2.15. The first-order valence-electron chi connectivity index (χ1n) is 6.50. The first-order valence-corrected chi connectivity index (χ1v) is 8.39. The van der Waals surface area contributed by atoms with E-state index in [4.69, 9.17) is 18.0 Å². The second-order valence-electron chi connectivity index (χ2n) is 5.02. The number of rotatable bonds is 5. The molecule has 2 rings (SSSR count). The lowest BCUT2D eigenvalue weighted by molar-refractivity contribution is 0.311. The van der Waals surface area contributed by atoms with E-state index in [1.165, 1.54) is 12.1 Å². The summed E-state index contributed by atoms with van der Waals surface area (Å²) in [7, 11) is -1.46. The van der Waals surface area contributed by atoms with Crippen molar-refractivity contribution in [3.8, 4) is 0 Å². The molecule has 1 atom stereocenters. The van der Waals surface area contributed by atoms with Gasteiger partial charge in [0.15, 0.2) is 0 Å². The minimum absolute atomic E-state index is 0.234. The summed E-state index contributed by atoms with van der Waals surface area (Å²) < 4.78 is 27.0. The molecule has 1 fully saturated rings. The Bertz CT molecular complexity index is 584. The summed E-state index contributed by atoms with van der Waals surface area (Å²) in [6.07, 6.45) is 2.14. The zero-order valence-electron chi connectivity index (χ0n) is 11.4. The molecule has 0 bridgehead atoms. The molecular weight excluding hydrogens is 294 g/mol. The average molecular weight is 313 g/mol. The SMILES string of the molecule is CN1CCCC1CNS(=O)(=O)c1ccc(C(N)=S)cc1. The van der Waals surface area contributed by atoms with Crippen LogP contribution in [0.3, 0.4) is 0 Å². The van der Waals surface area contributed by atoms with Crippen LogP contribution in [0.15, 0.2) is 29.2 Å². The Morgan fingerprint density at radius 2 is 2.10 bits per heavy atom. The number of nitrogens with zero attached hydrogens (tertiary/aromatic N) is 1. The third-order valence-corrected chi connectivity index (χ3v) is 5.30. The summed E-state index contributed by atoms with van der Waals surface area (Å²) >= 11 is 4.84. The first-order chi connectivity index (χ1) is 9.40. The van der Waals surface area contributed by atoms with Gasteiger partial charge in [-0.05, 0) is 38.6 Å². The Hall–Kier alpha value is -1.02. The maximum Gasteiger partial charge on any atom is 0.240 e. The van der Waals surface area contributed by atoms with E-state index in [1.54, 1.807) is 12.1 Å². The van der Waals surface area contributed by atoms with E-state index in [9.17, 15) is 8.42 Å². The third kappa shape index (κ3) is 3.54. The Balaban J connectivity index is 2.04. The first kappa shape index (κ1) is 15.4. The van der Waals surface area contributed by atoms with Crippen molar-refractivity contribution in [3.63, 3.8) is 0 Å². The van der Waals surface area contributed by atoms with Crippen LogP contribution in [0.2, 0.25) is 0 Å². The van der Waals surface area contributed by atoms with Crippen LogP contribution in [0.1, 0.15) is 18.4 Å². The van der Waals surface area contributed by atoms with Crippen molar-refractivity contribution in [2.24, 2.45) is 5.73 Å². The molecule has 1 aromatic rings. The highest BCUT2D eigenvalue weighted by atomic mass is 32.2. The number of benzene rings is 1. The van der Waals surface area contributed by atoms with Gasteiger partial charge in [0.25, 0.3) is 0 Å². The molecule has 7 heteroatoms. The maximum atomic E-state index is 12.2. The van der Waals surface area contributed by atoms with Gasteiger partial charge in [-0.3, -0.25) is 0 Å². The van der Waals surface area contributed by atoms with E-state index in [0.717, 1.165) is 19.4 Å². The number of hydrogen-bond acceptors (Lipinski definition) is 4. The summed E-state index contributed by atoms with van der Waals surface area (Å²) in [6, 6.07) is 6.57. The van der Waals surface area contributed by atoms with Crippen LogP contribution in [0, 0.1) is 0 Å². The molecule has 0 amide bonds. The highest BCUT2D eigenvalue weighted by Gasteiger charge is 2.23. The number of thiocarbonyl (C=S) groups is 1. The number of nitrogens with one attached hydrogen (secondary N) is 1. The van der Waals surface area contributed by atoms with Crippen molar-refractivity contribution in [3.05, 3.63) is 29.8 Å². The Labute approximate surface area is 125 Å². The lowest BCUT2D eigenvalue weighted by Gasteiger charge is -2.19. The lowest BCUT2D eigenvalue weighted by atomic mass is 10.2. The van der Waals surface area contributed by atoms with Gasteiger partial charge in [0.05, 0.1) is 4.90 Å². The molecule has 110 valence electrons. The molecule has 1 aliphatic rings. The molecule has 3 N–H and O–H groups in total. The van der Waals surface area contributed by atoms with E-state index in [0.29, 0.717) is 12.1 Å². The predicted molar refractivity (Wildman–Crippen MR) is 83.2 cm³/mol. The van der Waals surface area contributed by atoms with Crippen molar-refractivity contribution in [2.75, 3.05) is 20.1 Å². The fourth-order valence-electron chi connectivity index (χ4n) is 2.32. The van der Waals surface area contributed by atoms with E-state index < -0.39 is 10.0 Å². The number of hydrogen-bond donors (Lipinski definition) is 2. The second kappa shape index (κ2) is 6.17. The number of nitrogens with two attached hydrogens (primary N) is 1. The molecular formula is C13H19N3O2S2. The van der Waals surface area contributed by atoms with Crippen molar-refractivity contribution >= 4 is 27.2 Å². The molecule has 1 unspecified atom stereocenters. The van der Waals surface area contributed by atoms with Gasteiger partial charge in [-0.15, -0.1) is 0 Å². The average Bonchev–Trinajstić information content (AvgIpc) is 2.82. The molecule has 0 aliphatic carbocycles. The van der Waals surface area contributed by atoms with Gasteiger partial charge >= 0.3 is 0 Å². The lowest BCUT2D eigenvalue weighted by Crippen LogP contribution is -2.38. The van der Waals surface area contributed by atoms with Crippen molar-refractivity contribution in [2.45, 2.75) is 23.8 Å². The molecule has 1 aliphatic heterocycles. The number of likely N-dealkylation sites (tertiary alicyclic amines) is 1. The van der Waals surface area contributed by atoms with Gasteiger partial charge in [0.1, 0.15) is 4.99 Å². The second-order valence-corrected chi connectivity index (χ2v) is 7.22. The minimum atomic E-state index is -3.47. The van der Waals surface area contributed by atoms with Gasteiger partial charge in [-0.2, -0.15) is 0 Å². The minimum Gasteiger partial charge on any atom is -0.389 e. The molecule has 0 saturated carbocycles. The van der Waals surface area contributed by atoms with Crippen LogP contribution in [-0.4, -0.2) is 44.5 Å². The van der Waals surface area contributed by atoms with E-state index >= 15 is 0 Å². The third-order valence-electron chi connectivity index (χ3n) is 3.63. The van der Waals surface area contributed by atoms with E-state index in [1.807, 2.05) is 7.05 Å². The zero-order chi connectivity index (χ0) is 14.8. The molecule has 1 aromatic carbocycles. The molecule has 0 radical (unpaired) electrons. The molecule has 5 nitrogen and oxygen atoms in total. The van der Waals surface area contributed by atoms with Crippen molar-refractivity contribution < 1.29 is 8.42 Å². The highest BCUT2D eigenvalue weighted by molar-refractivity contribution is 7.89. The van der Waals surface area contributed by atoms with Gasteiger partial charge in [-0.25, -0.2) is 13.1 Å². The fraction of sp³-hybridized carbons (Fsp3) is 0.462. The van der Waals surface area contributed by atoms with Gasteiger partial charge < -0.3 is 10.6 Å². The smallest absolute Gasteiger partial charge is 0.240 e. The monoisotopic (exact) mass is 313 g/mol. The van der Waals surface area contributed by atoms with Gasteiger partial charge in [0.2, 0.25) is 10.0 Å². The molecule has 0 aromatic heterocycles. The van der Waals surface area contributed by atoms with Crippen LogP contribution in [-0.2, 0) is 10.0 Å². The Morgan fingerprint density at radius 1 is 1.45 bits per heavy atom. The standard InChI is InChI=1S/C13H19N3O2S2/c1-16-8-2-3-11(16)9-15-20(17,18)12-6-4-10(5-7-12)13(14)19/h4-7,11,15H,2-3,8-9H2,1H3,(H2,14,19). The Kier molecular flexibility index (Phi) is 4.74. The number of likely N-dealkylation sites (N-methyl/N-ethyl adjacent to an activating group) is 1. The summed E-state index contributed by atoms with van der Waals surface area (Å²) in [4.78, 5) is 2.67. The van der Waals surface area contributed by atoms with E-state index in [-0.39, 0.29) is 15.9 Å². The van der Waals surface area contributed by atoms with Gasteiger partial charge in [-0.1, -0.05) is 24.4 Å². The van der Waals surface area contributed by atoms with Crippen molar-refractivity contribution in [1.82, 2.24) is 9.62 Å². The molecule has 0 spiro atoms. The normalized spacial score (nSPS) is 20.1. The summed E-state index contributed by atoms with van der Waals surface area (Å²) in [5, 5.41) is 0. The molecule has 1 heterocycles.